The number of benzene rings is 1. The normalized spacial score (nSPS) is 10.7. The molecule has 0 unspecified atom stereocenters. The first-order valence-corrected chi connectivity index (χ1v) is 6.96. The zero-order chi connectivity index (χ0) is 13.9. The highest BCUT2D eigenvalue weighted by Gasteiger charge is 2.13. The van der Waals surface area contributed by atoms with E-state index in [4.69, 9.17) is 5.73 Å². The number of rotatable bonds is 3. The van der Waals surface area contributed by atoms with Crippen molar-refractivity contribution < 1.29 is 4.39 Å². The van der Waals surface area contributed by atoms with Gasteiger partial charge in [-0.05, 0) is 17.7 Å². The molecule has 1 aromatic carbocycles. The average molecular weight is 285 g/mol. The average Bonchev–Trinajstić information content (AvgIpc) is 2.93. The van der Waals surface area contributed by atoms with E-state index in [0.717, 1.165) is 21.1 Å². The van der Waals surface area contributed by atoms with Gasteiger partial charge in [-0.3, -0.25) is 4.98 Å². The molecule has 20 heavy (non-hydrogen) atoms. The standard InChI is InChI=1S/C15H12FN3S/c16-11-6-7-12(18-9-11)15-19-13(8-17)14(20-15)10-4-2-1-3-5-10/h1-7,9H,8,17H2. The Morgan fingerprint density at radius 1 is 1.10 bits per heavy atom. The quantitative estimate of drug-likeness (QED) is 0.801. The minimum atomic E-state index is -0.354. The van der Waals surface area contributed by atoms with Crippen molar-refractivity contribution >= 4 is 11.3 Å². The summed E-state index contributed by atoms with van der Waals surface area (Å²) in [7, 11) is 0. The number of nitrogens with two attached hydrogens (primary N) is 1. The molecule has 0 spiro atoms. The summed E-state index contributed by atoms with van der Waals surface area (Å²) in [5.41, 5.74) is 8.35. The van der Waals surface area contributed by atoms with Gasteiger partial charge < -0.3 is 5.73 Å². The Balaban J connectivity index is 2.07. The van der Waals surface area contributed by atoms with Crippen molar-refractivity contribution in [1.82, 2.24) is 9.97 Å². The molecule has 2 heterocycles. The van der Waals surface area contributed by atoms with Crippen molar-refractivity contribution in [3.8, 4) is 21.1 Å². The van der Waals surface area contributed by atoms with E-state index < -0.39 is 0 Å². The summed E-state index contributed by atoms with van der Waals surface area (Å²) in [5, 5.41) is 0.754. The van der Waals surface area contributed by atoms with Crippen LogP contribution in [0.15, 0.2) is 48.7 Å². The molecule has 2 aromatic heterocycles. The molecule has 0 fully saturated rings. The van der Waals surface area contributed by atoms with Crippen LogP contribution in [0.25, 0.3) is 21.1 Å². The molecule has 0 atom stereocenters. The van der Waals surface area contributed by atoms with Gasteiger partial charge in [-0.15, -0.1) is 11.3 Å². The van der Waals surface area contributed by atoms with Gasteiger partial charge in [0, 0.05) is 6.54 Å². The fourth-order valence-corrected chi connectivity index (χ4v) is 2.99. The van der Waals surface area contributed by atoms with E-state index in [0.29, 0.717) is 12.2 Å². The van der Waals surface area contributed by atoms with Gasteiger partial charge in [0.2, 0.25) is 0 Å². The number of hydrogen-bond acceptors (Lipinski definition) is 4. The molecular formula is C15H12FN3S. The maximum absolute atomic E-state index is 12.9. The van der Waals surface area contributed by atoms with Crippen molar-refractivity contribution in [1.29, 1.82) is 0 Å². The summed E-state index contributed by atoms with van der Waals surface area (Å²) in [6.07, 6.45) is 1.20. The number of pyridine rings is 1. The molecule has 100 valence electrons. The lowest BCUT2D eigenvalue weighted by Gasteiger charge is -1.98. The van der Waals surface area contributed by atoms with Gasteiger partial charge in [0.15, 0.2) is 0 Å². The van der Waals surface area contributed by atoms with Crippen LogP contribution in [0.4, 0.5) is 4.39 Å². The summed E-state index contributed by atoms with van der Waals surface area (Å²) in [4.78, 5) is 9.61. The molecule has 5 heteroatoms. The van der Waals surface area contributed by atoms with Gasteiger partial charge in [-0.25, -0.2) is 9.37 Å². The number of aromatic nitrogens is 2. The van der Waals surface area contributed by atoms with Crippen LogP contribution in [-0.2, 0) is 6.54 Å². The van der Waals surface area contributed by atoms with Gasteiger partial charge in [-0.2, -0.15) is 0 Å². The van der Waals surface area contributed by atoms with Gasteiger partial charge in [-0.1, -0.05) is 30.3 Å². The molecule has 0 bridgehead atoms. The molecule has 0 saturated carbocycles. The molecule has 0 amide bonds. The Morgan fingerprint density at radius 2 is 1.90 bits per heavy atom. The van der Waals surface area contributed by atoms with Crippen molar-refractivity contribution in [2.45, 2.75) is 6.54 Å². The predicted molar refractivity (Wildman–Crippen MR) is 78.6 cm³/mol. The third-order valence-electron chi connectivity index (χ3n) is 2.87. The van der Waals surface area contributed by atoms with Crippen molar-refractivity contribution in [3.63, 3.8) is 0 Å². The molecule has 3 rings (SSSR count). The molecular weight excluding hydrogens is 273 g/mol. The van der Waals surface area contributed by atoms with Crippen LogP contribution in [0.3, 0.4) is 0 Å². The molecule has 0 saturated heterocycles. The first-order chi connectivity index (χ1) is 9.78. The van der Waals surface area contributed by atoms with Gasteiger partial charge >= 0.3 is 0 Å². The molecule has 0 aliphatic heterocycles. The van der Waals surface area contributed by atoms with E-state index >= 15 is 0 Å². The summed E-state index contributed by atoms with van der Waals surface area (Å²) in [6, 6.07) is 13.0. The number of thiazole rings is 1. The summed E-state index contributed by atoms with van der Waals surface area (Å²) < 4.78 is 12.9. The number of hydrogen-bond donors (Lipinski definition) is 1. The smallest absolute Gasteiger partial charge is 0.142 e. The molecule has 3 nitrogen and oxygen atoms in total. The molecule has 3 aromatic rings. The van der Waals surface area contributed by atoms with E-state index in [1.807, 2.05) is 30.3 Å². The maximum Gasteiger partial charge on any atom is 0.142 e. The fraction of sp³-hybridized carbons (Fsp3) is 0.0667. The second-order valence-electron chi connectivity index (χ2n) is 4.23. The van der Waals surface area contributed by atoms with Crippen LogP contribution in [0.2, 0.25) is 0 Å². The first kappa shape index (κ1) is 12.9. The number of nitrogens with zero attached hydrogens (tertiary/aromatic N) is 2. The highest BCUT2D eigenvalue weighted by Crippen LogP contribution is 2.34. The summed E-state index contributed by atoms with van der Waals surface area (Å²) in [5.74, 6) is -0.354. The zero-order valence-electron chi connectivity index (χ0n) is 10.6. The van der Waals surface area contributed by atoms with E-state index in [9.17, 15) is 4.39 Å². The third-order valence-corrected chi connectivity index (χ3v) is 4.04. The second-order valence-corrected chi connectivity index (χ2v) is 5.23. The topological polar surface area (TPSA) is 51.8 Å². The lowest BCUT2D eigenvalue weighted by Crippen LogP contribution is -1.98. The van der Waals surface area contributed by atoms with E-state index in [2.05, 4.69) is 9.97 Å². The summed E-state index contributed by atoms with van der Waals surface area (Å²) in [6.45, 7) is 0.363. The van der Waals surface area contributed by atoms with Crippen LogP contribution in [0.1, 0.15) is 5.69 Å². The zero-order valence-corrected chi connectivity index (χ0v) is 11.4. The monoisotopic (exact) mass is 285 g/mol. The van der Waals surface area contributed by atoms with Crippen LogP contribution < -0.4 is 5.73 Å². The highest BCUT2D eigenvalue weighted by atomic mass is 32.1. The van der Waals surface area contributed by atoms with Gasteiger partial charge in [0.05, 0.1) is 22.5 Å². The van der Waals surface area contributed by atoms with Crippen molar-refractivity contribution in [2.75, 3.05) is 0 Å². The van der Waals surface area contributed by atoms with Crippen molar-refractivity contribution in [2.24, 2.45) is 5.73 Å². The SMILES string of the molecule is NCc1nc(-c2ccc(F)cn2)sc1-c1ccccc1. The van der Waals surface area contributed by atoms with Crippen molar-refractivity contribution in [3.05, 3.63) is 60.2 Å². The second kappa shape index (κ2) is 5.48. The molecule has 0 aliphatic carbocycles. The van der Waals surface area contributed by atoms with Crippen LogP contribution in [-0.4, -0.2) is 9.97 Å². The van der Waals surface area contributed by atoms with E-state index in [-0.39, 0.29) is 5.82 Å². The van der Waals surface area contributed by atoms with E-state index in [1.165, 1.54) is 23.6 Å². The van der Waals surface area contributed by atoms with Gasteiger partial charge in [0.1, 0.15) is 10.8 Å². The highest BCUT2D eigenvalue weighted by molar-refractivity contribution is 7.18. The molecule has 2 N–H and O–H groups in total. The molecule has 0 radical (unpaired) electrons. The largest absolute Gasteiger partial charge is 0.325 e. The van der Waals surface area contributed by atoms with Crippen LogP contribution in [0, 0.1) is 5.82 Å². The first-order valence-electron chi connectivity index (χ1n) is 6.15. The van der Waals surface area contributed by atoms with Crippen LogP contribution in [0.5, 0.6) is 0 Å². The Kier molecular flexibility index (Phi) is 3.54. The fourth-order valence-electron chi connectivity index (χ4n) is 1.92. The summed E-state index contributed by atoms with van der Waals surface area (Å²) >= 11 is 1.52. The third kappa shape index (κ3) is 2.45. The Labute approximate surface area is 119 Å². The lowest BCUT2D eigenvalue weighted by atomic mass is 10.1. The molecule has 0 aliphatic rings. The lowest BCUT2D eigenvalue weighted by molar-refractivity contribution is 0.622. The Bertz CT molecular complexity index is 708. The predicted octanol–water partition coefficient (Wildman–Crippen LogP) is 3.47. The minimum Gasteiger partial charge on any atom is -0.325 e. The van der Waals surface area contributed by atoms with Gasteiger partial charge in [0.25, 0.3) is 0 Å². The minimum absolute atomic E-state index is 0.354. The Hall–Kier alpha value is -2.11. The van der Waals surface area contributed by atoms with E-state index in [1.54, 1.807) is 6.07 Å². The Morgan fingerprint density at radius 3 is 2.55 bits per heavy atom. The maximum atomic E-state index is 12.9. The number of halogens is 1. The van der Waals surface area contributed by atoms with Crippen LogP contribution >= 0.6 is 11.3 Å².